The highest BCUT2D eigenvalue weighted by molar-refractivity contribution is 6.33. The summed E-state index contributed by atoms with van der Waals surface area (Å²) in [6.07, 6.45) is -4.82. The van der Waals surface area contributed by atoms with E-state index in [1.807, 2.05) is 0 Å². The van der Waals surface area contributed by atoms with Gasteiger partial charge in [-0.25, -0.2) is 0 Å². The molecule has 0 amide bonds. The maximum Gasteiger partial charge on any atom is 0.573 e. The van der Waals surface area contributed by atoms with Gasteiger partial charge < -0.3 is 9.15 Å². The highest BCUT2D eigenvalue weighted by Crippen LogP contribution is 2.35. The van der Waals surface area contributed by atoms with Crippen LogP contribution in [0.1, 0.15) is 0 Å². The van der Waals surface area contributed by atoms with E-state index in [0.717, 1.165) is 0 Å². The summed E-state index contributed by atoms with van der Waals surface area (Å²) in [6, 6.07) is 12.3. The summed E-state index contributed by atoms with van der Waals surface area (Å²) in [5, 5.41) is 7.99. The summed E-state index contributed by atoms with van der Waals surface area (Å²) in [6.45, 7) is 0. The second-order valence-corrected chi connectivity index (χ2v) is 4.84. The molecule has 118 valence electrons. The first-order valence-corrected chi connectivity index (χ1v) is 6.75. The summed E-state index contributed by atoms with van der Waals surface area (Å²) in [7, 11) is 0. The van der Waals surface area contributed by atoms with Crippen LogP contribution >= 0.6 is 11.6 Å². The van der Waals surface area contributed by atoms with Crippen LogP contribution in [0.5, 0.6) is 5.75 Å². The highest BCUT2D eigenvalue weighted by atomic mass is 35.5. The van der Waals surface area contributed by atoms with Crippen molar-refractivity contribution in [2.45, 2.75) is 6.36 Å². The fourth-order valence-corrected chi connectivity index (χ4v) is 2.15. The number of hydrogen-bond donors (Lipinski definition) is 0. The van der Waals surface area contributed by atoms with Gasteiger partial charge in [0.1, 0.15) is 5.75 Å². The summed E-state index contributed by atoms with van der Waals surface area (Å²) in [5.74, 6) is -0.415. The second-order valence-electron chi connectivity index (χ2n) is 4.44. The van der Waals surface area contributed by atoms with Gasteiger partial charge in [-0.3, -0.25) is 0 Å². The predicted octanol–water partition coefficient (Wildman–Crippen LogP) is 4.96. The SMILES string of the molecule is FC(F)(F)Oc1ccccc1-c1nnc(-c2ccccc2Cl)o1. The fraction of sp³-hybridized carbons (Fsp3) is 0.0667. The molecule has 0 saturated heterocycles. The van der Waals surface area contributed by atoms with Crippen molar-refractivity contribution in [1.29, 1.82) is 0 Å². The van der Waals surface area contributed by atoms with Crippen molar-refractivity contribution in [3.63, 3.8) is 0 Å². The van der Waals surface area contributed by atoms with E-state index in [-0.39, 0.29) is 17.3 Å². The zero-order valence-corrected chi connectivity index (χ0v) is 12.1. The molecule has 0 radical (unpaired) electrons. The normalized spacial score (nSPS) is 11.5. The monoisotopic (exact) mass is 340 g/mol. The topological polar surface area (TPSA) is 48.2 Å². The van der Waals surface area contributed by atoms with Crippen LogP contribution in [0.4, 0.5) is 13.2 Å². The molecule has 23 heavy (non-hydrogen) atoms. The van der Waals surface area contributed by atoms with Crippen LogP contribution in [0, 0.1) is 0 Å². The molecule has 0 unspecified atom stereocenters. The third-order valence-corrected chi connectivity index (χ3v) is 3.20. The van der Waals surface area contributed by atoms with Gasteiger partial charge in [-0.2, -0.15) is 0 Å². The summed E-state index contributed by atoms with van der Waals surface area (Å²) in [4.78, 5) is 0. The van der Waals surface area contributed by atoms with E-state index in [1.165, 1.54) is 24.3 Å². The predicted molar refractivity (Wildman–Crippen MR) is 76.9 cm³/mol. The van der Waals surface area contributed by atoms with Gasteiger partial charge in [0, 0.05) is 0 Å². The largest absolute Gasteiger partial charge is 0.573 e. The molecule has 0 N–H and O–H groups in total. The maximum atomic E-state index is 12.5. The van der Waals surface area contributed by atoms with E-state index in [9.17, 15) is 13.2 Å². The lowest BCUT2D eigenvalue weighted by molar-refractivity contribution is -0.274. The number of halogens is 4. The van der Waals surface area contributed by atoms with Crippen molar-refractivity contribution < 1.29 is 22.3 Å². The summed E-state index contributed by atoms with van der Waals surface area (Å²) >= 11 is 6.03. The number of rotatable bonds is 3. The Kier molecular flexibility index (Phi) is 3.96. The van der Waals surface area contributed by atoms with E-state index in [2.05, 4.69) is 14.9 Å². The van der Waals surface area contributed by atoms with Crippen molar-refractivity contribution in [3.8, 4) is 28.7 Å². The van der Waals surface area contributed by atoms with Gasteiger partial charge in [0.2, 0.25) is 5.89 Å². The number of alkyl halides is 3. The lowest BCUT2D eigenvalue weighted by Gasteiger charge is -2.10. The molecule has 8 heteroatoms. The van der Waals surface area contributed by atoms with E-state index in [4.69, 9.17) is 16.0 Å². The van der Waals surface area contributed by atoms with Crippen LogP contribution in [0.15, 0.2) is 52.9 Å². The lowest BCUT2D eigenvalue weighted by atomic mass is 10.2. The molecule has 2 aromatic carbocycles. The standard InChI is InChI=1S/C15H8ClF3N2O2/c16-11-7-3-1-5-9(11)13-20-21-14(22-13)10-6-2-4-8-12(10)23-15(17,18)19/h1-8H. The Morgan fingerprint density at radius 3 is 2.09 bits per heavy atom. The molecular formula is C15H8ClF3N2O2. The highest BCUT2D eigenvalue weighted by Gasteiger charge is 2.32. The third-order valence-electron chi connectivity index (χ3n) is 2.87. The molecule has 3 rings (SSSR count). The summed E-state index contributed by atoms with van der Waals surface area (Å²) < 4.78 is 46.8. The first kappa shape index (κ1) is 15.4. The van der Waals surface area contributed by atoms with Gasteiger partial charge in [0.05, 0.1) is 16.1 Å². The van der Waals surface area contributed by atoms with Crippen LogP contribution in [0.2, 0.25) is 5.02 Å². The Morgan fingerprint density at radius 1 is 0.870 bits per heavy atom. The minimum Gasteiger partial charge on any atom is -0.416 e. The Labute approximate surface area is 133 Å². The minimum atomic E-state index is -4.82. The molecule has 0 saturated carbocycles. The Hall–Kier alpha value is -2.54. The zero-order chi connectivity index (χ0) is 16.4. The lowest BCUT2D eigenvalue weighted by Crippen LogP contribution is -2.17. The molecule has 1 heterocycles. The third kappa shape index (κ3) is 3.45. The van der Waals surface area contributed by atoms with Crippen molar-refractivity contribution in [2.75, 3.05) is 0 Å². The number of hydrogen-bond acceptors (Lipinski definition) is 4. The number of aromatic nitrogens is 2. The van der Waals surface area contributed by atoms with Crippen LogP contribution in [0.3, 0.4) is 0 Å². The Bertz CT molecular complexity index is 833. The van der Waals surface area contributed by atoms with E-state index < -0.39 is 12.1 Å². The molecule has 3 aromatic rings. The van der Waals surface area contributed by atoms with Gasteiger partial charge >= 0.3 is 6.36 Å². The Morgan fingerprint density at radius 2 is 1.43 bits per heavy atom. The number of ether oxygens (including phenoxy) is 1. The van der Waals surface area contributed by atoms with Crippen molar-refractivity contribution >= 4 is 11.6 Å². The van der Waals surface area contributed by atoms with E-state index >= 15 is 0 Å². The second kappa shape index (κ2) is 5.92. The molecule has 0 bridgehead atoms. The van der Waals surface area contributed by atoms with Gasteiger partial charge in [-0.05, 0) is 24.3 Å². The molecule has 4 nitrogen and oxygen atoms in total. The molecule has 0 fully saturated rings. The average Bonchev–Trinajstić information content (AvgIpc) is 2.96. The van der Waals surface area contributed by atoms with Crippen LogP contribution < -0.4 is 4.74 Å². The van der Waals surface area contributed by atoms with Crippen molar-refractivity contribution in [3.05, 3.63) is 53.6 Å². The minimum absolute atomic E-state index is 0.0376. The zero-order valence-electron chi connectivity index (χ0n) is 11.3. The van der Waals surface area contributed by atoms with Crippen LogP contribution in [-0.2, 0) is 0 Å². The van der Waals surface area contributed by atoms with Gasteiger partial charge in [-0.1, -0.05) is 35.9 Å². The molecule has 0 aliphatic carbocycles. The molecule has 0 aliphatic heterocycles. The number of para-hydroxylation sites is 1. The van der Waals surface area contributed by atoms with Crippen LogP contribution in [-0.4, -0.2) is 16.6 Å². The number of benzene rings is 2. The van der Waals surface area contributed by atoms with Crippen LogP contribution in [0.25, 0.3) is 22.9 Å². The van der Waals surface area contributed by atoms with Gasteiger partial charge in [0.15, 0.2) is 0 Å². The maximum absolute atomic E-state index is 12.5. The van der Waals surface area contributed by atoms with Gasteiger partial charge in [-0.15, -0.1) is 23.4 Å². The van der Waals surface area contributed by atoms with Crippen molar-refractivity contribution in [2.24, 2.45) is 0 Å². The molecule has 1 aromatic heterocycles. The molecule has 0 spiro atoms. The van der Waals surface area contributed by atoms with Crippen molar-refractivity contribution in [1.82, 2.24) is 10.2 Å². The van der Waals surface area contributed by atoms with E-state index in [0.29, 0.717) is 10.6 Å². The van der Waals surface area contributed by atoms with E-state index in [1.54, 1.807) is 24.3 Å². The molecule has 0 atom stereocenters. The van der Waals surface area contributed by atoms with Gasteiger partial charge in [0.25, 0.3) is 5.89 Å². The summed E-state index contributed by atoms with van der Waals surface area (Å²) in [5.41, 5.74) is 0.526. The first-order chi connectivity index (χ1) is 10.9. The Balaban J connectivity index is 2.00. The molecular weight excluding hydrogens is 333 g/mol. The smallest absolute Gasteiger partial charge is 0.416 e. The average molecular weight is 341 g/mol. The quantitative estimate of drug-likeness (QED) is 0.676. The first-order valence-electron chi connectivity index (χ1n) is 6.37. The molecule has 0 aliphatic rings. The number of nitrogens with zero attached hydrogens (tertiary/aromatic N) is 2. The fourth-order valence-electron chi connectivity index (χ4n) is 1.93.